The Bertz CT molecular complexity index is 724. The van der Waals surface area contributed by atoms with Gasteiger partial charge in [0.2, 0.25) is 0 Å². The predicted octanol–water partition coefficient (Wildman–Crippen LogP) is 6.22. The second kappa shape index (κ2) is 7.11. The zero-order valence-corrected chi connectivity index (χ0v) is 15.1. The highest BCUT2D eigenvalue weighted by atomic mass is 79.9. The summed E-state index contributed by atoms with van der Waals surface area (Å²) in [5.41, 5.74) is 3.24. The van der Waals surface area contributed by atoms with Gasteiger partial charge in [-0.1, -0.05) is 15.9 Å². The van der Waals surface area contributed by atoms with Gasteiger partial charge in [0.05, 0.1) is 7.11 Å². The van der Waals surface area contributed by atoms with Crippen molar-refractivity contribution in [1.82, 2.24) is 0 Å². The van der Waals surface area contributed by atoms with Crippen LogP contribution in [0.1, 0.15) is 0 Å². The number of methoxy groups -OCH3 is 1. The molecule has 0 aliphatic heterocycles. The quantitative estimate of drug-likeness (QED) is 0.535. The van der Waals surface area contributed by atoms with Crippen LogP contribution in [0, 0.1) is 0 Å². The molecule has 0 unspecified atom stereocenters. The Morgan fingerprint density at radius 1 is 0.739 bits per heavy atom. The van der Waals surface area contributed by atoms with E-state index in [2.05, 4.69) is 69.9 Å². The first-order chi connectivity index (χ1) is 11.2. The average Bonchev–Trinajstić information content (AvgIpc) is 2.59. The van der Waals surface area contributed by atoms with Crippen molar-refractivity contribution in [3.63, 3.8) is 0 Å². The molecule has 4 heteroatoms. The summed E-state index contributed by atoms with van der Waals surface area (Å²) in [4.78, 5) is 3.14. The normalized spacial score (nSPS) is 10.4. The van der Waals surface area contributed by atoms with E-state index in [4.69, 9.17) is 4.74 Å². The van der Waals surface area contributed by atoms with Crippen LogP contribution >= 0.6 is 28.6 Å². The van der Waals surface area contributed by atoms with Gasteiger partial charge < -0.3 is 9.64 Å². The van der Waals surface area contributed by atoms with Gasteiger partial charge in [-0.05, 0) is 72.8 Å². The summed E-state index contributed by atoms with van der Waals surface area (Å²) in [6, 6.07) is 24.4. The maximum atomic E-state index is 5.26. The molecule has 23 heavy (non-hydrogen) atoms. The number of hydrogen-bond acceptors (Lipinski definition) is 3. The van der Waals surface area contributed by atoms with Crippen LogP contribution in [0.4, 0.5) is 17.1 Å². The van der Waals surface area contributed by atoms with Gasteiger partial charge in [-0.25, -0.2) is 0 Å². The van der Waals surface area contributed by atoms with Crippen molar-refractivity contribution >= 4 is 45.6 Å². The van der Waals surface area contributed by atoms with Gasteiger partial charge in [-0.2, -0.15) is 0 Å². The average molecular weight is 386 g/mol. The number of halogens is 1. The number of benzene rings is 3. The first-order valence-electron chi connectivity index (χ1n) is 7.16. The topological polar surface area (TPSA) is 12.5 Å². The molecule has 0 spiro atoms. The fraction of sp³-hybridized carbons (Fsp3) is 0.0526. The largest absolute Gasteiger partial charge is 0.497 e. The van der Waals surface area contributed by atoms with E-state index >= 15 is 0 Å². The highest BCUT2D eigenvalue weighted by Gasteiger charge is 2.12. The minimum absolute atomic E-state index is 0.843. The molecule has 0 N–H and O–H groups in total. The third-order valence-electron chi connectivity index (χ3n) is 3.52. The molecule has 0 fully saturated rings. The molecule has 0 radical (unpaired) electrons. The van der Waals surface area contributed by atoms with E-state index in [0.717, 1.165) is 32.2 Å². The maximum absolute atomic E-state index is 5.26. The number of ether oxygens (including phenoxy) is 1. The molecule has 3 aromatic carbocycles. The Kier molecular flexibility index (Phi) is 4.94. The minimum atomic E-state index is 0.843. The van der Waals surface area contributed by atoms with E-state index in [9.17, 15) is 0 Å². The van der Waals surface area contributed by atoms with Gasteiger partial charge in [0.1, 0.15) is 5.75 Å². The molecule has 0 heterocycles. The van der Waals surface area contributed by atoms with Gasteiger partial charge in [-0.15, -0.1) is 12.6 Å². The zero-order chi connectivity index (χ0) is 16.2. The van der Waals surface area contributed by atoms with Crippen molar-refractivity contribution in [3.05, 3.63) is 77.3 Å². The summed E-state index contributed by atoms with van der Waals surface area (Å²) in [5.74, 6) is 0.843. The van der Waals surface area contributed by atoms with Crippen LogP contribution in [0.3, 0.4) is 0 Å². The van der Waals surface area contributed by atoms with Crippen molar-refractivity contribution in [2.24, 2.45) is 0 Å². The second-order valence-electron chi connectivity index (χ2n) is 5.03. The van der Waals surface area contributed by atoms with Gasteiger partial charge >= 0.3 is 0 Å². The van der Waals surface area contributed by atoms with E-state index in [1.807, 2.05) is 36.4 Å². The molecule has 0 aromatic heterocycles. The standard InChI is InChI=1S/C19H16BrNOS/c1-22-18-10-6-16(7-11-18)21(15-4-2-14(20)3-5-15)17-8-12-19(23)13-9-17/h2-13,23H,1H3. The lowest BCUT2D eigenvalue weighted by Gasteiger charge is -2.25. The molecule has 3 aromatic rings. The Labute approximate surface area is 150 Å². The van der Waals surface area contributed by atoms with E-state index < -0.39 is 0 Å². The SMILES string of the molecule is COc1ccc(N(c2ccc(S)cc2)c2ccc(Br)cc2)cc1. The molecular formula is C19H16BrNOS. The highest BCUT2D eigenvalue weighted by molar-refractivity contribution is 9.10. The predicted molar refractivity (Wildman–Crippen MR) is 103 cm³/mol. The summed E-state index contributed by atoms with van der Waals surface area (Å²) in [7, 11) is 1.67. The van der Waals surface area contributed by atoms with E-state index in [-0.39, 0.29) is 0 Å². The third-order valence-corrected chi connectivity index (χ3v) is 4.35. The Morgan fingerprint density at radius 3 is 1.65 bits per heavy atom. The molecule has 0 amide bonds. The summed E-state index contributed by atoms with van der Waals surface area (Å²) >= 11 is 7.86. The fourth-order valence-corrected chi connectivity index (χ4v) is 2.78. The number of rotatable bonds is 4. The maximum Gasteiger partial charge on any atom is 0.119 e. The van der Waals surface area contributed by atoms with E-state index in [0.29, 0.717) is 0 Å². The van der Waals surface area contributed by atoms with Gasteiger partial charge in [0, 0.05) is 26.4 Å². The van der Waals surface area contributed by atoms with Crippen molar-refractivity contribution in [3.8, 4) is 5.75 Å². The molecule has 0 saturated heterocycles. The molecule has 0 atom stereocenters. The molecule has 0 aliphatic carbocycles. The highest BCUT2D eigenvalue weighted by Crippen LogP contribution is 2.36. The van der Waals surface area contributed by atoms with Crippen molar-refractivity contribution in [1.29, 1.82) is 0 Å². The molecule has 0 saturated carbocycles. The van der Waals surface area contributed by atoms with Crippen molar-refractivity contribution in [2.45, 2.75) is 4.90 Å². The number of thiol groups is 1. The Hall–Kier alpha value is -1.91. The van der Waals surface area contributed by atoms with Gasteiger partial charge in [-0.3, -0.25) is 0 Å². The lowest BCUT2D eigenvalue weighted by Crippen LogP contribution is -2.09. The second-order valence-corrected chi connectivity index (χ2v) is 6.46. The van der Waals surface area contributed by atoms with Gasteiger partial charge in [0.25, 0.3) is 0 Å². The molecule has 2 nitrogen and oxygen atoms in total. The fourth-order valence-electron chi connectivity index (χ4n) is 2.37. The van der Waals surface area contributed by atoms with Crippen LogP contribution in [-0.2, 0) is 0 Å². The van der Waals surface area contributed by atoms with Crippen molar-refractivity contribution < 1.29 is 4.74 Å². The summed E-state index contributed by atoms with van der Waals surface area (Å²) in [5, 5.41) is 0. The summed E-state index contributed by atoms with van der Waals surface area (Å²) in [6.07, 6.45) is 0. The first-order valence-corrected chi connectivity index (χ1v) is 8.40. The van der Waals surface area contributed by atoms with Crippen LogP contribution < -0.4 is 9.64 Å². The number of anilines is 3. The third kappa shape index (κ3) is 3.71. The molecular weight excluding hydrogens is 370 g/mol. The van der Waals surface area contributed by atoms with Crippen LogP contribution in [0.2, 0.25) is 0 Å². The zero-order valence-electron chi connectivity index (χ0n) is 12.6. The lowest BCUT2D eigenvalue weighted by atomic mass is 10.2. The van der Waals surface area contributed by atoms with Crippen LogP contribution in [0.15, 0.2) is 82.2 Å². The number of hydrogen-bond donors (Lipinski definition) is 1. The Morgan fingerprint density at radius 2 is 1.17 bits per heavy atom. The van der Waals surface area contributed by atoms with E-state index in [1.54, 1.807) is 7.11 Å². The molecule has 116 valence electrons. The Balaban J connectivity index is 2.08. The number of nitrogens with zero attached hydrogens (tertiary/aromatic N) is 1. The van der Waals surface area contributed by atoms with Gasteiger partial charge in [0.15, 0.2) is 0 Å². The monoisotopic (exact) mass is 385 g/mol. The van der Waals surface area contributed by atoms with Crippen LogP contribution in [0.25, 0.3) is 0 Å². The summed E-state index contributed by atoms with van der Waals surface area (Å²) < 4.78 is 6.31. The van der Waals surface area contributed by atoms with Crippen LogP contribution in [0.5, 0.6) is 5.75 Å². The van der Waals surface area contributed by atoms with E-state index in [1.165, 1.54) is 0 Å². The lowest BCUT2D eigenvalue weighted by molar-refractivity contribution is 0.415. The smallest absolute Gasteiger partial charge is 0.119 e. The molecule has 3 rings (SSSR count). The minimum Gasteiger partial charge on any atom is -0.497 e. The molecule has 0 bridgehead atoms. The first kappa shape index (κ1) is 16.0. The summed E-state index contributed by atoms with van der Waals surface area (Å²) in [6.45, 7) is 0. The van der Waals surface area contributed by atoms with Crippen LogP contribution in [-0.4, -0.2) is 7.11 Å². The van der Waals surface area contributed by atoms with Crippen molar-refractivity contribution in [2.75, 3.05) is 12.0 Å². The molecule has 0 aliphatic rings.